The molecule has 0 radical (unpaired) electrons. The Morgan fingerprint density at radius 1 is 0.868 bits per heavy atom. The smallest absolute Gasteiger partial charge is 0.258 e. The van der Waals surface area contributed by atoms with Crippen LogP contribution in [0.4, 0.5) is 0 Å². The van der Waals surface area contributed by atoms with Crippen LogP contribution in [0.2, 0.25) is 5.04 Å². The minimum atomic E-state index is -3.05. The lowest BCUT2D eigenvalue weighted by Gasteiger charge is -2.61. The van der Waals surface area contributed by atoms with Gasteiger partial charge >= 0.3 is 0 Å². The Labute approximate surface area is 229 Å². The molecule has 6 fully saturated rings. The Hall–Kier alpha value is -1.50. The van der Waals surface area contributed by atoms with Crippen molar-refractivity contribution < 1.29 is 19.3 Å². The van der Waals surface area contributed by atoms with Crippen molar-refractivity contribution in [2.45, 2.75) is 102 Å². The summed E-state index contributed by atoms with van der Waals surface area (Å²) in [7, 11) is -3.05. The molecule has 5 saturated carbocycles. The van der Waals surface area contributed by atoms with E-state index in [0.717, 1.165) is 48.4 Å². The average Bonchev–Trinajstić information content (AvgIpc) is 3.26. The van der Waals surface area contributed by atoms with E-state index in [1.54, 1.807) is 0 Å². The Kier molecular flexibility index (Phi) is 5.86. The first kappa shape index (κ1) is 25.5. The van der Waals surface area contributed by atoms with Crippen LogP contribution in [0, 0.1) is 29.1 Å². The van der Waals surface area contributed by atoms with Gasteiger partial charge in [-0.25, -0.2) is 0 Å². The monoisotopic (exact) mass is 532 g/mol. The summed E-state index contributed by atoms with van der Waals surface area (Å²) in [5.74, 6) is 1.02. The molecule has 1 saturated heterocycles. The van der Waals surface area contributed by atoms with Crippen LogP contribution in [-0.2, 0) is 14.5 Å². The minimum Gasteiger partial charge on any atom is -0.424 e. The highest BCUT2D eigenvalue weighted by Gasteiger charge is 2.69. The second-order valence-electron chi connectivity index (χ2n) is 14.5. The fourth-order valence-electron chi connectivity index (χ4n) is 9.91. The number of hydrogen-bond donors (Lipinski definition) is 1. The van der Waals surface area contributed by atoms with E-state index in [1.165, 1.54) is 32.1 Å². The fraction of sp³-hybridized carbons (Fsp3) is 0.636. The van der Waals surface area contributed by atoms with Gasteiger partial charge in [0.05, 0.1) is 0 Å². The quantitative estimate of drug-likeness (QED) is 0.362. The lowest BCUT2D eigenvalue weighted by atomic mass is 9.48. The third kappa shape index (κ3) is 3.83. The van der Waals surface area contributed by atoms with E-state index < -0.39 is 19.9 Å². The van der Waals surface area contributed by atoms with Gasteiger partial charge in [-0.15, -0.1) is 0 Å². The topological polar surface area (TPSA) is 47.9 Å². The molecule has 5 aliphatic carbocycles. The highest BCUT2D eigenvalue weighted by Crippen LogP contribution is 2.67. The summed E-state index contributed by atoms with van der Waals surface area (Å²) in [6.45, 7) is 7.06. The van der Waals surface area contributed by atoms with Crippen molar-refractivity contribution >= 4 is 18.7 Å². The van der Waals surface area contributed by atoms with Gasteiger partial charge in [-0.2, -0.15) is 9.78 Å². The molecule has 38 heavy (non-hydrogen) atoms. The standard InChI is InChI=1S/C33H44O4Si/c1-30(2,38(34,28-12-6-4-7-13-28)29-14-8-5-9-15-29)19-24-11-10-16-32(21-24)35-33(37-36-32)26-17-25-18-27(33)23-31(3,20-25)22-26/h4-9,12-15,24-27,34H,10-11,16-23H2,1-3H3/t24-,25?,26?,27?,31?,32+,33?/m0/s1. The number of benzene rings is 2. The van der Waals surface area contributed by atoms with Gasteiger partial charge in [0.25, 0.3) is 8.32 Å². The predicted octanol–water partition coefficient (Wildman–Crippen LogP) is 6.32. The Bertz CT molecular complexity index is 1110. The molecule has 0 aromatic heterocycles. The normalized spacial score (nSPS) is 40.3. The Balaban J connectivity index is 1.14. The summed E-state index contributed by atoms with van der Waals surface area (Å²) >= 11 is 0. The van der Waals surface area contributed by atoms with Crippen molar-refractivity contribution in [3.63, 3.8) is 0 Å². The molecule has 2 aromatic rings. The van der Waals surface area contributed by atoms with Crippen LogP contribution < -0.4 is 10.4 Å². The number of rotatable bonds is 5. The van der Waals surface area contributed by atoms with Gasteiger partial charge in [-0.05, 0) is 77.6 Å². The van der Waals surface area contributed by atoms with Gasteiger partial charge in [-0.3, -0.25) is 0 Å². The van der Waals surface area contributed by atoms with Gasteiger partial charge in [0.2, 0.25) is 11.6 Å². The molecule has 1 N–H and O–H groups in total. The lowest BCUT2D eigenvalue weighted by Crippen LogP contribution is -2.65. The first-order valence-electron chi connectivity index (χ1n) is 15.1. The largest absolute Gasteiger partial charge is 0.424 e. The SMILES string of the molecule is CC12CC3CC(C1)C1(OO[C@@]4(CCC[C@@H](CC(C)(C)[Si](O)(c5ccccc5)c5ccccc5)C4)O1)C(C3)C2. The third-order valence-corrected chi connectivity index (χ3v) is 15.7. The summed E-state index contributed by atoms with van der Waals surface area (Å²) in [6.07, 6.45) is 11.2. The van der Waals surface area contributed by atoms with Crippen LogP contribution in [0.3, 0.4) is 0 Å². The van der Waals surface area contributed by atoms with E-state index in [-0.39, 0.29) is 5.04 Å². The van der Waals surface area contributed by atoms with Crippen LogP contribution in [0.25, 0.3) is 0 Å². The van der Waals surface area contributed by atoms with Crippen LogP contribution in [0.15, 0.2) is 60.7 Å². The zero-order valence-electron chi connectivity index (χ0n) is 23.3. The molecule has 4 atom stereocenters. The molecule has 4 bridgehead atoms. The molecule has 8 rings (SSSR count). The molecule has 1 heterocycles. The molecule has 5 heteroatoms. The maximum absolute atomic E-state index is 12.7. The molecule has 6 aliphatic rings. The van der Waals surface area contributed by atoms with Crippen LogP contribution in [0.1, 0.15) is 85.0 Å². The molecular formula is C33H44O4Si. The number of hydrogen-bond acceptors (Lipinski definition) is 4. The Morgan fingerprint density at radius 2 is 1.47 bits per heavy atom. The van der Waals surface area contributed by atoms with E-state index in [9.17, 15) is 4.80 Å². The van der Waals surface area contributed by atoms with E-state index in [1.807, 2.05) is 12.1 Å². The van der Waals surface area contributed by atoms with Crippen molar-refractivity contribution in [3.05, 3.63) is 60.7 Å². The van der Waals surface area contributed by atoms with Gasteiger partial charge in [-0.1, -0.05) is 87.9 Å². The van der Waals surface area contributed by atoms with E-state index in [2.05, 4.69) is 69.3 Å². The average molecular weight is 533 g/mol. The van der Waals surface area contributed by atoms with Crippen molar-refractivity contribution in [2.75, 3.05) is 0 Å². The molecule has 0 amide bonds. The Morgan fingerprint density at radius 3 is 2.05 bits per heavy atom. The van der Waals surface area contributed by atoms with Crippen molar-refractivity contribution in [1.82, 2.24) is 0 Å². The van der Waals surface area contributed by atoms with Crippen LogP contribution in [-0.4, -0.2) is 24.7 Å². The molecule has 204 valence electrons. The van der Waals surface area contributed by atoms with Gasteiger partial charge in [0, 0.05) is 24.7 Å². The second kappa shape index (κ2) is 8.75. The first-order chi connectivity index (χ1) is 18.2. The van der Waals surface area contributed by atoms with E-state index >= 15 is 0 Å². The summed E-state index contributed by atoms with van der Waals surface area (Å²) in [6, 6.07) is 20.8. The van der Waals surface area contributed by atoms with Crippen LogP contribution >= 0.6 is 0 Å². The minimum absolute atomic E-state index is 0.271. The van der Waals surface area contributed by atoms with E-state index in [4.69, 9.17) is 14.5 Å². The van der Waals surface area contributed by atoms with Crippen molar-refractivity contribution in [2.24, 2.45) is 29.1 Å². The summed E-state index contributed by atoms with van der Waals surface area (Å²) < 4.78 is 7.10. The van der Waals surface area contributed by atoms with Crippen molar-refractivity contribution in [3.8, 4) is 0 Å². The molecular weight excluding hydrogens is 488 g/mol. The first-order valence-corrected chi connectivity index (χ1v) is 17.0. The third-order valence-electron chi connectivity index (χ3n) is 11.2. The second-order valence-corrected chi connectivity index (χ2v) is 18.5. The molecule has 2 spiro atoms. The van der Waals surface area contributed by atoms with Gasteiger partial charge < -0.3 is 9.53 Å². The maximum Gasteiger partial charge on any atom is 0.258 e. The number of ether oxygens (including phenoxy) is 1. The van der Waals surface area contributed by atoms with Crippen molar-refractivity contribution in [1.29, 1.82) is 0 Å². The molecule has 1 aliphatic heterocycles. The highest BCUT2D eigenvalue weighted by atomic mass is 28.4. The molecule has 4 nitrogen and oxygen atoms in total. The predicted molar refractivity (Wildman–Crippen MR) is 151 cm³/mol. The summed E-state index contributed by atoms with van der Waals surface area (Å²) in [4.78, 5) is 25.4. The zero-order valence-corrected chi connectivity index (χ0v) is 24.3. The highest BCUT2D eigenvalue weighted by molar-refractivity contribution is 6.98. The zero-order chi connectivity index (χ0) is 26.2. The summed E-state index contributed by atoms with van der Waals surface area (Å²) in [5.41, 5.74) is 0.466. The lowest BCUT2D eigenvalue weighted by molar-refractivity contribution is -0.394. The maximum atomic E-state index is 12.7. The van der Waals surface area contributed by atoms with Gasteiger partial charge in [0.15, 0.2) is 0 Å². The van der Waals surface area contributed by atoms with Gasteiger partial charge in [0.1, 0.15) is 0 Å². The molecule has 2 aromatic carbocycles. The van der Waals surface area contributed by atoms with E-state index in [0.29, 0.717) is 23.2 Å². The molecule has 2 unspecified atom stereocenters. The van der Waals surface area contributed by atoms with Crippen LogP contribution in [0.5, 0.6) is 0 Å². The fourth-order valence-corrected chi connectivity index (χ4v) is 13.7. The summed E-state index contributed by atoms with van der Waals surface area (Å²) in [5, 5.41) is 1.90.